The number of carbonyl (C=O) groups excluding carboxylic acids is 1. The van der Waals surface area contributed by atoms with Gasteiger partial charge in [-0.25, -0.2) is 4.79 Å². The number of phenols is 2. The van der Waals surface area contributed by atoms with Gasteiger partial charge in [-0.15, -0.1) is 0 Å². The summed E-state index contributed by atoms with van der Waals surface area (Å²) in [4.78, 5) is 12.8. The molecule has 2 aliphatic carbocycles. The van der Waals surface area contributed by atoms with E-state index in [1.54, 1.807) is 18.2 Å². The molecule has 2 aromatic carbocycles. The van der Waals surface area contributed by atoms with E-state index in [1.165, 1.54) is 18.6 Å². The number of carbonyl (C=O) groups is 1. The molecule has 2 aromatic rings. The van der Waals surface area contributed by atoms with Crippen molar-refractivity contribution in [3.63, 3.8) is 0 Å². The van der Waals surface area contributed by atoms with Crippen molar-refractivity contribution in [2.75, 3.05) is 5.32 Å². The van der Waals surface area contributed by atoms with E-state index in [4.69, 9.17) is 27.9 Å². The van der Waals surface area contributed by atoms with Crippen LogP contribution >= 0.6 is 23.2 Å². The number of halogens is 2. The molecule has 0 aromatic heterocycles. The molecule has 0 saturated heterocycles. The van der Waals surface area contributed by atoms with Crippen molar-refractivity contribution < 1.29 is 19.7 Å². The lowest BCUT2D eigenvalue weighted by Crippen LogP contribution is -2.38. The van der Waals surface area contributed by atoms with Crippen LogP contribution < -0.4 is 5.32 Å². The Bertz CT molecular complexity index is 1040. The van der Waals surface area contributed by atoms with Crippen LogP contribution in [0.3, 0.4) is 0 Å². The van der Waals surface area contributed by atoms with Gasteiger partial charge in [-0.05, 0) is 54.9 Å². The van der Waals surface area contributed by atoms with Crippen LogP contribution in [0.1, 0.15) is 56.0 Å². The van der Waals surface area contributed by atoms with E-state index < -0.39 is 5.97 Å². The Morgan fingerprint density at radius 3 is 2.55 bits per heavy atom. The third-order valence-electron chi connectivity index (χ3n) is 7.77. The summed E-state index contributed by atoms with van der Waals surface area (Å²) in [7, 11) is 0. The van der Waals surface area contributed by atoms with Crippen LogP contribution in [0, 0.1) is 16.7 Å². The smallest absolute Gasteiger partial charge is 0.342 e. The first-order valence-electron chi connectivity index (χ1n) is 10.5. The molecule has 1 unspecified atom stereocenters. The van der Waals surface area contributed by atoms with Gasteiger partial charge in [0.25, 0.3) is 0 Å². The maximum atomic E-state index is 12.8. The van der Waals surface area contributed by atoms with Gasteiger partial charge in [0.15, 0.2) is 0 Å². The van der Waals surface area contributed by atoms with Crippen LogP contribution in [-0.2, 0) is 11.3 Å². The summed E-state index contributed by atoms with van der Waals surface area (Å²) in [6.07, 6.45) is 2.97. The molecule has 0 spiro atoms. The third kappa shape index (κ3) is 3.72. The summed E-state index contributed by atoms with van der Waals surface area (Å²) in [6, 6.07) is 7.77. The third-order valence-corrected chi connectivity index (χ3v) is 8.28. The molecule has 2 saturated carbocycles. The van der Waals surface area contributed by atoms with Crippen LogP contribution in [0.5, 0.6) is 11.5 Å². The SMILES string of the molecule is CC1(C)[C@H]2CC[C@]1(C)C(OC(=O)c1ccc(NCc3cc(Cl)cc(Cl)c3O)cc1O)C2. The number of hydrogen-bond acceptors (Lipinski definition) is 5. The standard InChI is InChI=1S/C24H27Cl2NO4/c1-23(2)14-6-7-24(23,3)20(9-14)31-22(30)17-5-4-16(11-19(17)28)27-12-13-8-15(25)10-18(26)21(13)29/h4-5,8,10-11,14,20,27-29H,6-7,9,12H2,1-3H3/t14-,20?,24+/m0/s1. The minimum Gasteiger partial charge on any atom is -0.507 e. The predicted octanol–water partition coefficient (Wildman–Crippen LogP) is 6.39. The molecule has 31 heavy (non-hydrogen) atoms. The molecule has 3 N–H and O–H groups in total. The van der Waals surface area contributed by atoms with Gasteiger partial charge in [0, 0.05) is 34.3 Å². The number of phenolic OH excluding ortho intramolecular Hbond substituents is 2. The highest BCUT2D eigenvalue weighted by molar-refractivity contribution is 6.35. The Morgan fingerprint density at radius 2 is 1.94 bits per heavy atom. The molecule has 4 rings (SSSR count). The van der Waals surface area contributed by atoms with E-state index in [0.717, 1.165) is 12.8 Å². The van der Waals surface area contributed by atoms with Crippen molar-refractivity contribution in [3.05, 3.63) is 51.5 Å². The number of hydrogen-bond donors (Lipinski definition) is 3. The number of ether oxygens (including phenoxy) is 1. The largest absolute Gasteiger partial charge is 0.507 e. The maximum absolute atomic E-state index is 12.8. The Kier molecular flexibility index (Phi) is 5.55. The molecule has 5 nitrogen and oxygen atoms in total. The summed E-state index contributed by atoms with van der Waals surface area (Å²) < 4.78 is 5.88. The Balaban J connectivity index is 1.44. The Labute approximate surface area is 192 Å². The molecule has 0 heterocycles. The molecule has 0 radical (unpaired) electrons. The molecule has 2 fully saturated rings. The molecule has 3 atom stereocenters. The zero-order chi connectivity index (χ0) is 22.6. The number of fused-ring (bicyclic) bond motifs is 2. The van der Waals surface area contributed by atoms with E-state index in [-0.39, 0.29) is 45.6 Å². The normalized spacial score (nSPS) is 26.1. The average molecular weight is 464 g/mol. The summed E-state index contributed by atoms with van der Waals surface area (Å²) in [5, 5.41) is 24.2. The van der Waals surface area contributed by atoms with Crippen molar-refractivity contribution in [2.24, 2.45) is 16.7 Å². The van der Waals surface area contributed by atoms with Crippen LogP contribution in [0.15, 0.2) is 30.3 Å². The molecule has 0 aliphatic heterocycles. The lowest BCUT2D eigenvalue weighted by atomic mass is 9.70. The second-order valence-corrected chi connectivity index (χ2v) is 10.3. The van der Waals surface area contributed by atoms with Gasteiger partial charge in [-0.1, -0.05) is 44.0 Å². The van der Waals surface area contributed by atoms with Gasteiger partial charge < -0.3 is 20.3 Å². The molecular formula is C24H27Cl2NO4. The number of anilines is 1. The van der Waals surface area contributed by atoms with Crippen molar-refractivity contribution in [3.8, 4) is 11.5 Å². The topological polar surface area (TPSA) is 78.8 Å². The number of aromatic hydroxyl groups is 2. The summed E-state index contributed by atoms with van der Waals surface area (Å²) in [6.45, 7) is 6.98. The van der Waals surface area contributed by atoms with E-state index in [9.17, 15) is 15.0 Å². The number of benzene rings is 2. The minimum atomic E-state index is -0.502. The van der Waals surface area contributed by atoms with Crippen LogP contribution in [0.25, 0.3) is 0 Å². The first kappa shape index (κ1) is 22.1. The second-order valence-electron chi connectivity index (χ2n) is 9.49. The fourth-order valence-electron chi connectivity index (χ4n) is 5.27. The lowest BCUT2D eigenvalue weighted by molar-refractivity contribution is -0.0244. The van der Waals surface area contributed by atoms with Gasteiger partial charge in [0.05, 0.1) is 5.02 Å². The van der Waals surface area contributed by atoms with E-state index in [2.05, 4.69) is 26.1 Å². The van der Waals surface area contributed by atoms with Gasteiger partial charge in [0.2, 0.25) is 0 Å². The number of rotatable bonds is 5. The van der Waals surface area contributed by atoms with Gasteiger partial charge in [-0.3, -0.25) is 0 Å². The molecule has 2 aliphatic rings. The van der Waals surface area contributed by atoms with Crippen molar-refractivity contribution >= 4 is 34.9 Å². The fourth-order valence-corrected chi connectivity index (χ4v) is 5.80. The quantitative estimate of drug-likeness (QED) is 0.447. The van der Waals surface area contributed by atoms with E-state index in [1.807, 2.05) is 0 Å². The molecule has 0 amide bonds. The highest BCUT2D eigenvalue weighted by Crippen LogP contribution is 2.66. The minimum absolute atomic E-state index is 0.0370. The number of esters is 1. The van der Waals surface area contributed by atoms with Crippen LogP contribution in [0.4, 0.5) is 5.69 Å². The van der Waals surface area contributed by atoms with Gasteiger partial charge in [-0.2, -0.15) is 0 Å². The van der Waals surface area contributed by atoms with Gasteiger partial charge >= 0.3 is 5.97 Å². The second kappa shape index (κ2) is 7.79. The van der Waals surface area contributed by atoms with Crippen molar-refractivity contribution in [1.82, 2.24) is 0 Å². The van der Waals surface area contributed by atoms with E-state index >= 15 is 0 Å². The first-order chi connectivity index (χ1) is 14.5. The summed E-state index contributed by atoms with van der Waals surface area (Å²) in [5.74, 6) is -0.147. The molecule has 2 bridgehead atoms. The zero-order valence-electron chi connectivity index (χ0n) is 17.8. The summed E-state index contributed by atoms with van der Waals surface area (Å²) >= 11 is 11.9. The maximum Gasteiger partial charge on any atom is 0.342 e. The predicted molar refractivity (Wildman–Crippen MR) is 122 cm³/mol. The highest BCUT2D eigenvalue weighted by atomic mass is 35.5. The molecular weight excluding hydrogens is 437 g/mol. The molecule has 166 valence electrons. The van der Waals surface area contributed by atoms with Crippen molar-refractivity contribution in [2.45, 2.75) is 52.7 Å². The van der Waals surface area contributed by atoms with Crippen LogP contribution in [0.2, 0.25) is 10.0 Å². The van der Waals surface area contributed by atoms with Crippen molar-refractivity contribution in [1.29, 1.82) is 0 Å². The van der Waals surface area contributed by atoms with Gasteiger partial charge in [0.1, 0.15) is 23.2 Å². The fraction of sp³-hybridized carbons (Fsp3) is 0.458. The Hall–Kier alpha value is -2.11. The zero-order valence-corrected chi connectivity index (χ0v) is 19.3. The van der Waals surface area contributed by atoms with E-state index in [0.29, 0.717) is 22.2 Å². The first-order valence-corrected chi connectivity index (χ1v) is 11.2. The lowest BCUT2D eigenvalue weighted by Gasteiger charge is -2.38. The molecule has 7 heteroatoms. The van der Waals surface area contributed by atoms with Crippen LogP contribution in [-0.4, -0.2) is 22.3 Å². The monoisotopic (exact) mass is 463 g/mol. The highest BCUT2D eigenvalue weighted by Gasteiger charge is 2.62. The Morgan fingerprint density at radius 1 is 1.19 bits per heavy atom. The summed E-state index contributed by atoms with van der Waals surface area (Å²) in [5.41, 5.74) is 1.35. The average Bonchev–Trinajstić information content (AvgIpc) is 3.03. The number of nitrogens with one attached hydrogen (secondary N) is 1.